The number of aromatic nitrogens is 2. The highest BCUT2D eigenvalue weighted by Crippen LogP contribution is 2.34. The lowest BCUT2D eigenvalue weighted by Gasteiger charge is -2.30. The van der Waals surface area contributed by atoms with E-state index in [4.69, 9.17) is 16.6 Å². The van der Waals surface area contributed by atoms with Crippen LogP contribution >= 0.6 is 27.5 Å². The van der Waals surface area contributed by atoms with Crippen molar-refractivity contribution in [3.05, 3.63) is 28.5 Å². The van der Waals surface area contributed by atoms with E-state index in [1.807, 2.05) is 13.0 Å². The average molecular weight is 370 g/mol. The highest BCUT2D eigenvalue weighted by atomic mass is 79.9. The average Bonchev–Trinajstić information content (AvgIpc) is 2.80. The third kappa shape index (κ3) is 3.14. The van der Waals surface area contributed by atoms with Crippen molar-refractivity contribution in [3.8, 4) is 0 Å². The lowest BCUT2D eigenvalue weighted by atomic mass is 9.80. The monoisotopic (exact) mass is 368 g/mol. The molecule has 0 amide bonds. The van der Waals surface area contributed by atoms with Gasteiger partial charge in [-0.2, -0.15) is 0 Å². The standard InChI is InChI=1S/C17H22BrClN2/c1-11-5-3-4-6-13(11)10-21-16-9-14(18)7-8-15(16)20-17(21)12(2)19/h7-9,11-13H,3-6,10H2,1-2H3. The summed E-state index contributed by atoms with van der Waals surface area (Å²) < 4.78 is 3.45. The molecule has 1 aliphatic carbocycles. The normalized spacial score (nSPS) is 24.4. The summed E-state index contributed by atoms with van der Waals surface area (Å²) in [6.45, 7) is 5.45. The molecule has 1 aromatic carbocycles. The highest BCUT2D eigenvalue weighted by Gasteiger charge is 2.24. The van der Waals surface area contributed by atoms with Gasteiger partial charge in [-0.15, -0.1) is 11.6 Å². The Morgan fingerprint density at radius 2 is 2.14 bits per heavy atom. The molecule has 0 radical (unpaired) electrons. The minimum absolute atomic E-state index is 0.0601. The van der Waals surface area contributed by atoms with Crippen molar-refractivity contribution in [2.45, 2.75) is 51.5 Å². The largest absolute Gasteiger partial charge is 0.326 e. The maximum absolute atomic E-state index is 6.38. The maximum Gasteiger partial charge on any atom is 0.127 e. The van der Waals surface area contributed by atoms with Crippen molar-refractivity contribution in [1.82, 2.24) is 9.55 Å². The van der Waals surface area contributed by atoms with Crippen LogP contribution in [0.1, 0.15) is 50.7 Å². The molecule has 0 N–H and O–H groups in total. The Morgan fingerprint density at radius 3 is 2.86 bits per heavy atom. The molecule has 1 aromatic heterocycles. The van der Waals surface area contributed by atoms with E-state index in [0.717, 1.165) is 34.2 Å². The molecule has 1 fully saturated rings. The molecule has 1 aliphatic rings. The van der Waals surface area contributed by atoms with E-state index in [9.17, 15) is 0 Å². The molecule has 3 atom stereocenters. The highest BCUT2D eigenvalue weighted by molar-refractivity contribution is 9.10. The van der Waals surface area contributed by atoms with E-state index in [-0.39, 0.29) is 5.38 Å². The van der Waals surface area contributed by atoms with Crippen LogP contribution in [-0.4, -0.2) is 9.55 Å². The molecule has 2 nitrogen and oxygen atoms in total. The predicted octanol–water partition coefficient (Wildman–Crippen LogP) is 5.92. The number of rotatable bonds is 3. The second-order valence-electron chi connectivity index (χ2n) is 6.35. The number of alkyl halides is 1. The Hall–Kier alpha value is -0.540. The molecule has 3 rings (SSSR count). The van der Waals surface area contributed by atoms with Crippen LogP contribution in [0.25, 0.3) is 11.0 Å². The van der Waals surface area contributed by atoms with Gasteiger partial charge in [-0.3, -0.25) is 0 Å². The zero-order valence-electron chi connectivity index (χ0n) is 12.6. The number of nitrogens with zero attached hydrogens (tertiary/aromatic N) is 2. The first-order valence-electron chi connectivity index (χ1n) is 7.86. The van der Waals surface area contributed by atoms with Gasteiger partial charge in [0.15, 0.2) is 0 Å². The van der Waals surface area contributed by atoms with E-state index in [2.05, 4.69) is 39.6 Å². The van der Waals surface area contributed by atoms with Crippen LogP contribution in [0.2, 0.25) is 0 Å². The summed E-state index contributed by atoms with van der Waals surface area (Å²) in [6, 6.07) is 6.28. The molecule has 1 saturated carbocycles. The van der Waals surface area contributed by atoms with Crippen molar-refractivity contribution in [1.29, 1.82) is 0 Å². The van der Waals surface area contributed by atoms with Gasteiger partial charge in [0, 0.05) is 11.0 Å². The van der Waals surface area contributed by atoms with Gasteiger partial charge >= 0.3 is 0 Å². The van der Waals surface area contributed by atoms with Gasteiger partial charge in [0.05, 0.1) is 16.4 Å². The molecule has 0 bridgehead atoms. The zero-order chi connectivity index (χ0) is 15.0. The second-order valence-corrected chi connectivity index (χ2v) is 7.92. The van der Waals surface area contributed by atoms with Gasteiger partial charge in [0.25, 0.3) is 0 Å². The van der Waals surface area contributed by atoms with Gasteiger partial charge < -0.3 is 4.57 Å². The molecule has 114 valence electrons. The predicted molar refractivity (Wildman–Crippen MR) is 92.8 cm³/mol. The molecule has 0 aliphatic heterocycles. The molecule has 4 heteroatoms. The summed E-state index contributed by atoms with van der Waals surface area (Å²) in [7, 11) is 0. The molecule has 0 saturated heterocycles. The Bertz CT molecular complexity index is 635. The smallest absolute Gasteiger partial charge is 0.127 e. The van der Waals surface area contributed by atoms with E-state index in [0.29, 0.717) is 0 Å². The molecular weight excluding hydrogens is 348 g/mol. The third-order valence-corrected chi connectivity index (χ3v) is 5.49. The first-order chi connectivity index (χ1) is 10.1. The van der Waals surface area contributed by atoms with Gasteiger partial charge in [0.2, 0.25) is 0 Å². The second kappa shape index (κ2) is 6.29. The van der Waals surface area contributed by atoms with Crippen molar-refractivity contribution < 1.29 is 0 Å². The lowest BCUT2D eigenvalue weighted by molar-refractivity contribution is 0.228. The fourth-order valence-corrected chi connectivity index (χ4v) is 4.02. The van der Waals surface area contributed by atoms with E-state index in [1.54, 1.807) is 0 Å². The van der Waals surface area contributed by atoms with Crippen LogP contribution in [-0.2, 0) is 6.54 Å². The Labute approximate surface area is 140 Å². The van der Waals surface area contributed by atoms with Crippen LogP contribution in [0.15, 0.2) is 22.7 Å². The van der Waals surface area contributed by atoms with E-state index < -0.39 is 0 Å². The summed E-state index contributed by atoms with van der Waals surface area (Å²) in [5, 5.41) is -0.0601. The summed E-state index contributed by atoms with van der Waals surface area (Å²) >= 11 is 9.95. The molecule has 21 heavy (non-hydrogen) atoms. The first kappa shape index (κ1) is 15.4. The number of fused-ring (bicyclic) bond motifs is 1. The Kier molecular flexibility index (Phi) is 4.60. The van der Waals surface area contributed by atoms with Crippen LogP contribution < -0.4 is 0 Å². The van der Waals surface area contributed by atoms with Crippen molar-refractivity contribution in [2.75, 3.05) is 0 Å². The molecular formula is C17H22BrClN2. The first-order valence-corrected chi connectivity index (χ1v) is 9.09. The Balaban J connectivity index is 2.02. The third-order valence-electron chi connectivity index (χ3n) is 4.80. The number of hydrogen-bond donors (Lipinski definition) is 0. The van der Waals surface area contributed by atoms with Crippen LogP contribution in [0.5, 0.6) is 0 Å². The van der Waals surface area contributed by atoms with Crippen molar-refractivity contribution >= 4 is 38.6 Å². The number of imidazole rings is 1. The van der Waals surface area contributed by atoms with Gasteiger partial charge in [-0.1, -0.05) is 42.1 Å². The summed E-state index contributed by atoms with van der Waals surface area (Å²) in [6.07, 6.45) is 5.42. The molecule has 1 heterocycles. The van der Waals surface area contributed by atoms with E-state index >= 15 is 0 Å². The topological polar surface area (TPSA) is 17.8 Å². The van der Waals surface area contributed by atoms with Gasteiger partial charge in [-0.05, 0) is 43.4 Å². The minimum atomic E-state index is -0.0601. The number of hydrogen-bond acceptors (Lipinski definition) is 1. The van der Waals surface area contributed by atoms with Crippen LogP contribution in [0, 0.1) is 11.8 Å². The molecule has 0 spiro atoms. The molecule has 2 aromatic rings. The lowest BCUT2D eigenvalue weighted by Crippen LogP contribution is -2.23. The Morgan fingerprint density at radius 1 is 1.38 bits per heavy atom. The number of halogens is 2. The summed E-state index contributed by atoms with van der Waals surface area (Å²) in [5.41, 5.74) is 2.24. The fourth-order valence-electron chi connectivity index (χ4n) is 3.51. The SMILES string of the molecule is CC(Cl)c1nc2ccc(Br)cc2n1CC1CCCCC1C. The van der Waals surface area contributed by atoms with E-state index in [1.165, 1.54) is 31.2 Å². The van der Waals surface area contributed by atoms with Gasteiger partial charge in [0.1, 0.15) is 5.82 Å². The molecule has 3 unspecified atom stereocenters. The number of benzene rings is 1. The summed E-state index contributed by atoms with van der Waals surface area (Å²) in [5.74, 6) is 2.54. The minimum Gasteiger partial charge on any atom is -0.326 e. The van der Waals surface area contributed by atoms with Crippen LogP contribution in [0.4, 0.5) is 0 Å². The zero-order valence-corrected chi connectivity index (χ0v) is 15.0. The van der Waals surface area contributed by atoms with Crippen molar-refractivity contribution in [2.24, 2.45) is 11.8 Å². The fraction of sp³-hybridized carbons (Fsp3) is 0.588. The summed E-state index contributed by atoms with van der Waals surface area (Å²) in [4.78, 5) is 4.75. The van der Waals surface area contributed by atoms with Crippen molar-refractivity contribution in [3.63, 3.8) is 0 Å². The van der Waals surface area contributed by atoms with Gasteiger partial charge in [-0.25, -0.2) is 4.98 Å². The van der Waals surface area contributed by atoms with Crippen LogP contribution in [0.3, 0.4) is 0 Å². The quantitative estimate of drug-likeness (QED) is 0.613. The maximum atomic E-state index is 6.38.